The Labute approximate surface area is 208 Å². The molecule has 0 bridgehead atoms. The van der Waals surface area contributed by atoms with Gasteiger partial charge in [0.25, 0.3) is 0 Å². The monoisotopic (exact) mass is 471 g/mol. The van der Waals surface area contributed by atoms with Crippen LogP contribution in [0.3, 0.4) is 0 Å². The number of imidazole rings is 1. The van der Waals surface area contributed by atoms with E-state index in [4.69, 9.17) is 4.98 Å². The number of hydrogen-bond acceptors (Lipinski definition) is 5. The summed E-state index contributed by atoms with van der Waals surface area (Å²) < 4.78 is 0. The highest BCUT2D eigenvalue weighted by molar-refractivity contribution is 5.98. The van der Waals surface area contributed by atoms with E-state index in [1.165, 1.54) is 31.5 Å². The lowest BCUT2D eigenvalue weighted by molar-refractivity contribution is 0.331. The lowest BCUT2D eigenvalue weighted by Gasteiger charge is -2.14. The Kier molecular flexibility index (Phi) is 5.06. The number of H-pyrrole nitrogens is 2. The number of likely N-dealkylation sites (tertiary alicyclic amines) is 1. The van der Waals surface area contributed by atoms with Gasteiger partial charge in [-0.3, -0.25) is 20.0 Å². The molecule has 2 aromatic carbocycles. The highest BCUT2D eigenvalue weighted by atomic mass is 15.1. The maximum absolute atomic E-state index is 4.96. The number of nitrogens with zero attached hydrogens (tertiary/aromatic N) is 5. The minimum Gasteiger partial charge on any atom is -0.337 e. The highest BCUT2D eigenvalue weighted by Crippen LogP contribution is 2.32. The summed E-state index contributed by atoms with van der Waals surface area (Å²) in [6.07, 6.45) is 8.31. The fourth-order valence-corrected chi connectivity index (χ4v) is 5.18. The second-order valence-corrected chi connectivity index (χ2v) is 9.40. The van der Waals surface area contributed by atoms with Crippen LogP contribution in [0.2, 0.25) is 0 Å². The topological polar surface area (TPSA) is 86.4 Å². The number of nitrogens with one attached hydrogen (secondary N) is 2. The summed E-state index contributed by atoms with van der Waals surface area (Å²) in [5, 5.41) is 8.82. The van der Waals surface area contributed by atoms with Crippen LogP contribution in [0.25, 0.3) is 55.8 Å². The maximum atomic E-state index is 4.96. The van der Waals surface area contributed by atoms with E-state index in [-0.39, 0.29) is 0 Å². The van der Waals surface area contributed by atoms with Gasteiger partial charge in [-0.1, -0.05) is 24.3 Å². The Hall–Kier alpha value is -4.36. The van der Waals surface area contributed by atoms with Gasteiger partial charge in [0.2, 0.25) is 0 Å². The van der Waals surface area contributed by atoms with Crippen molar-refractivity contribution in [1.29, 1.82) is 0 Å². The van der Waals surface area contributed by atoms with Crippen LogP contribution in [-0.2, 0) is 6.54 Å². The molecular weight excluding hydrogens is 446 g/mol. The number of rotatable bonds is 5. The van der Waals surface area contributed by atoms with Gasteiger partial charge in [0.05, 0.1) is 22.2 Å². The van der Waals surface area contributed by atoms with E-state index in [0.29, 0.717) is 0 Å². The smallest absolute Gasteiger partial charge is 0.159 e. The first-order valence-electron chi connectivity index (χ1n) is 12.4. The molecule has 7 nitrogen and oxygen atoms in total. The summed E-state index contributed by atoms with van der Waals surface area (Å²) >= 11 is 0. The second kappa shape index (κ2) is 8.70. The van der Waals surface area contributed by atoms with Gasteiger partial charge in [0.1, 0.15) is 5.69 Å². The van der Waals surface area contributed by atoms with Crippen molar-refractivity contribution in [2.75, 3.05) is 13.1 Å². The number of aromatic amines is 2. The van der Waals surface area contributed by atoms with Crippen LogP contribution in [0, 0.1) is 0 Å². The van der Waals surface area contributed by atoms with Gasteiger partial charge in [-0.2, -0.15) is 5.10 Å². The normalized spacial score (nSPS) is 14.2. The number of aromatic nitrogens is 6. The van der Waals surface area contributed by atoms with E-state index < -0.39 is 0 Å². The number of benzene rings is 2. The second-order valence-electron chi connectivity index (χ2n) is 9.40. The van der Waals surface area contributed by atoms with Gasteiger partial charge in [-0.15, -0.1) is 0 Å². The summed E-state index contributed by atoms with van der Waals surface area (Å²) in [7, 11) is 0. The van der Waals surface area contributed by atoms with Crippen molar-refractivity contribution in [3.8, 4) is 33.9 Å². The summed E-state index contributed by atoms with van der Waals surface area (Å²) in [5.74, 6) is 0.734. The van der Waals surface area contributed by atoms with Gasteiger partial charge in [0, 0.05) is 41.6 Å². The van der Waals surface area contributed by atoms with E-state index in [9.17, 15) is 0 Å². The quantitative estimate of drug-likeness (QED) is 0.331. The summed E-state index contributed by atoms with van der Waals surface area (Å²) in [4.78, 5) is 20.0. The molecule has 0 spiro atoms. The van der Waals surface area contributed by atoms with Crippen molar-refractivity contribution >= 4 is 21.9 Å². The molecule has 0 amide bonds. The summed E-state index contributed by atoms with van der Waals surface area (Å²) in [6, 6.07) is 20.7. The van der Waals surface area contributed by atoms with E-state index in [2.05, 4.69) is 60.4 Å². The van der Waals surface area contributed by atoms with Crippen LogP contribution in [-0.4, -0.2) is 48.1 Å². The number of hydrogen-bond donors (Lipinski definition) is 2. The SMILES string of the molecule is c1ccc(-c2cccc3[nH]c(-c4n[nH]c5ccc(-c6cncc(CN7CCCC7)c6)cc45)nc23)nc1. The van der Waals surface area contributed by atoms with Crippen LogP contribution in [0.1, 0.15) is 18.4 Å². The van der Waals surface area contributed by atoms with Gasteiger partial charge < -0.3 is 4.98 Å². The zero-order chi connectivity index (χ0) is 23.9. The molecule has 7 heteroatoms. The van der Waals surface area contributed by atoms with Crippen LogP contribution in [0.15, 0.2) is 79.3 Å². The molecule has 0 saturated carbocycles. The molecule has 5 heterocycles. The van der Waals surface area contributed by atoms with Crippen molar-refractivity contribution in [3.05, 3.63) is 84.8 Å². The molecule has 7 rings (SSSR count). The maximum Gasteiger partial charge on any atom is 0.159 e. The summed E-state index contributed by atoms with van der Waals surface area (Å²) in [5.41, 5.74) is 9.00. The third-order valence-electron chi connectivity index (χ3n) is 6.97. The van der Waals surface area contributed by atoms with Crippen LogP contribution in [0.4, 0.5) is 0 Å². The van der Waals surface area contributed by atoms with Gasteiger partial charge in [-0.05, 0) is 73.5 Å². The highest BCUT2D eigenvalue weighted by Gasteiger charge is 2.17. The third-order valence-corrected chi connectivity index (χ3v) is 6.97. The Morgan fingerprint density at radius 1 is 0.861 bits per heavy atom. The first-order chi connectivity index (χ1) is 17.8. The lowest BCUT2D eigenvalue weighted by Crippen LogP contribution is -2.18. The Morgan fingerprint density at radius 2 is 1.81 bits per heavy atom. The predicted molar refractivity (Wildman–Crippen MR) is 142 cm³/mol. The standard InChI is InChI=1S/C29H25N7/c1-2-11-31-24(7-1)22-6-5-8-26-27(22)33-29(32-26)28-23-15-20(9-10-25(23)34-35-28)21-14-19(16-30-17-21)18-36-12-3-4-13-36/h1-2,5-11,14-17H,3-4,12-13,18H2,(H,32,33)(H,34,35). The molecule has 0 atom stereocenters. The van der Waals surface area contributed by atoms with E-state index in [1.54, 1.807) is 6.20 Å². The molecule has 36 heavy (non-hydrogen) atoms. The molecule has 1 saturated heterocycles. The van der Waals surface area contributed by atoms with E-state index >= 15 is 0 Å². The molecular formula is C29H25N7. The zero-order valence-corrected chi connectivity index (χ0v) is 19.8. The van der Waals surface area contributed by atoms with Crippen molar-refractivity contribution < 1.29 is 0 Å². The van der Waals surface area contributed by atoms with E-state index in [1.807, 2.05) is 42.7 Å². The largest absolute Gasteiger partial charge is 0.337 e. The molecule has 176 valence electrons. The fourth-order valence-electron chi connectivity index (χ4n) is 5.18. The molecule has 4 aromatic heterocycles. The molecule has 0 radical (unpaired) electrons. The minimum atomic E-state index is 0.734. The Balaban J connectivity index is 1.28. The van der Waals surface area contributed by atoms with E-state index in [0.717, 1.165) is 62.4 Å². The lowest BCUT2D eigenvalue weighted by atomic mass is 10.0. The van der Waals surface area contributed by atoms with Crippen molar-refractivity contribution in [3.63, 3.8) is 0 Å². The Morgan fingerprint density at radius 3 is 2.69 bits per heavy atom. The molecule has 1 fully saturated rings. The predicted octanol–water partition coefficient (Wildman–Crippen LogP) is 5.83. The Bertz CT molecular complexity index is 1680. The van der Waals surface area contributed by atoms with Gasteiger partial charge in [0.15, 0.2) is 5.82 Å². The van der Waals surface area contributed by atoms with Crippen LogP contribution in [0.5, 0.6) is 0 Å². The number of pyridine rings is 2. The fraction of sp³-hybridized carbons (Fsp3) is 0.172. The van der Waals surface area contributed by atoms with Crippen LogP contribution >= 0.6 is 0 Å². The molecule has 1 aliphatic heterocycles. The molecule has 0 aliphatic carbocycles. The molecule has 1 aliphatic rings. The average Bonchev–Trinajstić information content (AvgIpc) is 3.68. The number of para-hydroxylation sites is 1. The zero-order valence-electron chi connectivity index (χ0n) is 19.8. The van der Waals surface area contributed by atoms with Crippen molar-refractivity contribution in [1.82, 2.24) is 35.0 Å². The third kappa shape index (κ3) is 3.74. The molecule has 0 unspecified atom stereocenters. The molecule has 6 aromatic rings. The van der Waals surface area contributed by atoms with Gasteiger partial charge >= 0.3 is 0 Å². The van der Waals surface area contributed by atoms with Crippen molar-refractivity contribution in [2.45, 2.75) is 19.4 Å². The van der Waals surface area contributed by atoms with Crippen LogP contribution < -0.4 is 0 Å². The average molecular weight is 472 g/mol. The molecule has 2 N–H and O–H groups in total. The first kappa shape index (κ1) is 21.0. The van der Waals surface area contributed by atoms with Crippen molar-refractivity contribution in [2.24, 2.45) is 0 Å². The number of fused-ring (bicyclic) bond motifs is 2. The first-order valence-corrected chi connectivity index (χ1v) is 12.4. The van der Waals surface area contributed by atoms with Gasteiger partial charge in [-0.25, -0.2) is 4.98 Å². The minimum absolute atomic E-state index is 0.734. The summed E-state index contributed by atoms with van der Waals surface area (Å²) in [6.45, 7) is 3.31.